The zero-order valence-electron chi connectivity index (χ0n) is 49.2. The summed E-state index contributed by atoms with van der Waals surface area (Å²) < 4.78 is 26.5. The maximum Gasteiger partial charge on any atom is 0.127 e. The Morgan fingerprint density at radius 3 is 1.52 bits per heavy atom. The average molecular weight is 1110 g/mol. The van der Waals surface area contributed by atoms with Crippen LogP contribution in [0, 0.1) is 0 Å². The maximum atomic E-state index is 6.97. The first-order valence-corrected chi connectivity index (χ1v) is 30.9. The van der Waals surface area contributed by atoms with E-state index in [0.29, 0.717) is 24.5 Å². The van der Waals surface area contributed by atoms with Crippen molar-refractivity contribution in [1.29, 1.82) is 0 Å². The third-order valence-electron chi connectivity index (χ3n) is 17.8. The van der Waals surface area contributed by atoms with E-state index in [1.54, 1.807) is 0 Å². The molecule has 5 aliphatic rings. The molecule has 3 fully saturated rings. The molecule has 8 heterocycles. The van der Waals surface area contributed by atoms with Crippen LogP contribution < -0.4 is 18.9 Å². The van der Waals surface area contributed by atoms with Crippen LogP contribution in [0.1, 0.15) is 130 Å². The molecule has 7 aromatic rings. The number of rotatable bonds is 20. The Morgan fingerprint density at radius 1 is 0.470 bits per heavy atom. The molecule has 83 heavy (non-hydrogen) atoms. The molecule has 2 atom stereocenters. The number of likely N-dealkylation sites (tertiary alicyclic amines) is 3. The van der Waals surface area contributed by atoms with E-state index >= 15 is 0 Å². The van der Waals surface area contributed by atoms with Gasteiger partial charge in [-0.2, -0.15) is 0 Å². The molecule has 2 unspecified atom stereocenters. The van der Waals surface area contributed by atoms with Gasteiger partial charge in [-0.25, -0.2) is 9.97 Å². The number of fused-ring (bicyclic) bond motifs is 8. The Balaban J connectivity index is 0.787. The van der Waals surface area contributed by atoms with Crippen LogP contribution in [0.3, 0.4) is 0 Å². The van der Waals surface area contributed by atoms with Crippen molar-refractivity contribution in [2.75, 3.05) is 67.0 Å². The summed E-state index contributed by atoms with van der Waals surface area (Å²) in [5.41, 5.74) is 14.4. The third kappa shape index (κ3) is 14.7. The highest BCUT2D eigenvalue weighted by Gasteiger charge is 2.23. The summed E-state index contributed by atoms with van der Waals surface area (Å²) in [4.78, 5) is 24.6. The van der Waals surface area contributed by atoms with Crippen molar-refractivity contribution in [2.24, 2.45) is 0 Å². The van der Waals surface area contributed by atoms with Crippen LogP contribution in [0.5, 0.6) is 23.0 Å². The molecule has 0 saturated carbocycles. The number of hydrogen-bond donors (Lipinski definition) is 2. The Bertz CT molecular complexity index is 3510. The number of nitrogens with zero attached hydrogens (tertiary/aromatic N) is 5. The van der Waals surface area contributed by atoms with Gasteiger partial charge in [0.15, 0.2) is 0 Å². The number of hydrogen-bond acceptors (Lipinski definition) is 9. The molecule has 5 aliphatic heterocycles. The molecule has 0 aliphatic carbocycles. The highest BCUT2D eigenvalue weighted by atomic mass is 16.5. The third-order valence-corrected chi connectivity index (χ3v) is 17.8. The lowest BCUT2D eigenvalue weighted by molar-refractivity contribution is 0.114. The van der Waals surface area contributed by atoms with Crippen LogP contribution in [-0.2, 0) is 0 Å². The van der Waals surface area contributed by atoms with Crippen molar-refractivity contribution >= 4 is 46.4 Å². The first-order valence-electron chi connectivity index (χ1n) is 30.9. The fraction of sp³-hybridized carbons (Fsp3) is 0.389. The second-order valence-corrected chi connectivity index (χ2v) is 24.2. The Kier molecular flexibility index (Phi) is 17.8. The summed E-state index contributed by atoms with van der Waals surface area (Å²) in [6, 6.07) is 48.0. The topological polar surface area (TPSA) is 104 Å². The maximum absolute atomic E-state index is 6.97. The number of aromatic nitrogens is 4. The molecule has 430 valence electrons. The zero-order valence-corrected chi connectivity index (χ0v) is 49.2. The van der Waals surface area contributed by atoms with Crippen LogP contribution in [0.25, 0.3) is 68.6 Å². The van der Waals surface area contributed by atoms with E-state index in [2.05, 4.69) is 210 Å². The van der Waals surface area contributed by atoms with Crippen LogP contribution in [0.4, 0.5) is 0 Å². The average Bonchev–Trinajstić information content (AvgIpc) is 4.57. The molecule has 4 aromatic carbocycles. The molecule has 0 spiro atoms. The van der Waals surface area contributed by atoms with Gasteiger partial charge in [0.05, 0.1) is 29.4 Å². The predicted octanol–water partition coefficient (Wildman–Crippen LogP) is 15.7. The van der Waals surface area contributed by atoms with E-state index in [1.165, 1.54) is 17.5 Å². The van der Waals surface area contributed by atoms with E-state index in [1.807, 2.05) is 0 Å². The van der Waals surface area contributed by atoms with Gasteiger partial charge in [-0.15, -0.1) is 0 Å². The number of aromatic amines is 2. The lowest BCUT2D eigenvalue weighted by Gasteiger charge is -2.29. The molecular weight excluding hydrogens is 1030 g/mol. The summed E-state index contributed by atoms with van der Waals surface area (Å²) in [7, 11) is 6.59. The number of ether oxygens (including phenoxy) is 4. The second-order valence-electron chi connectivity index (χ2n) is 24.2. The largest absolute Gasteiger partial charge is 0.493 e. The number of nitrogens with one attached hydrogen (secondary N) is 2. The van der Waals surface area contributed by atoms with Crippen LogP contribution in [-0.4, -0.2) is 120 Å². The fourth-order valence-corrected chi connectivity index (χ4v) is 12.6. The summed E-state index contributed by atoms with van der Waals surface area (Å²) in [5.74, 6) is 4.61. The van der Waals surface area contributed by atoms with Crippen LogP contribution >= 0.6 is 0 Å². The normalized spacial score (nSPS) is 17.4. The van der Waals surface area contributed by atoms with Crippen molar-refractivity contribution in [1.82, 2.24) is 34.6 Å². The Morgan fingerprint density at radius 2 is 0.940 bits per heavy atom. The summed E-state index contributed by atoms with van der Waals surface area (Å²) in [6.07, 6.45) is 22.1. The van der Waals surface area contributed by atoms with Gasteiger partial charge in [-0.05, 0) is 235 Å². The first kappa shape index (κ1) is 56.1. The van der Waals surface area contributed by atoms with E-state index in [-0.39, 0.29) is 12.2 Å². The van der Waals surface area contributed by atoms with E-state index in [0.717, 1.165) is 200 Å². The number of unbranched alkanes of at least 4 members (excludes halogenated alkanes) is 1. The minimum Gasteiger partial charge on any atom is -0.493 e. The van der Waals surface area contributed by atoms with Crippen molar-refractivity contribution in [3.8, 4) is 45.3 Å². The van der Waals surface area contributed by atoms with Crippen LogP contribution in [0.2, 0.25) is 0 Å². The van der Waals surface area contributed by atoms with Gasteiger partial charge >= 0.3 is 0 Å². The molecule has 3 saturated heterocycles. The summed E-state index contributed by atoms with van der Waals surface area (Å²) in [5, 5.41) is 0. The summed E-state index contributed by atoms with van der Waals surface area (Å²) in [6.45, 7) is 9.44. The molecule has 8 bridgehead atoms. The van der Waals surface area contributed by atoms with Crippen molar-refractivity contribution < 1.29 is 18.9 Å². The van der Waals surface area contributed by atoms with Crippen molar-refractivity contribution in [3.05, 3.63) is 167 Å². The van der Waals surface area contributed by atoms with Gasteiger partial charge < -0.3 is 43.6 Å². The molecular formula is C72H83N7O4. The second kappa shape index (κ2) is 26.4. The van der Waals surface area contributed by atoms with E-state index in [4.69, 9.17) is 28.9 Å². The smallest absolute Gasteiger partial charge is 0.127 e. The Labute approximate surface area is 491 Å². The predicted molar refractivity (Wildman–Crippen MR) is 340 cm³/mol. The lowest BCUT2D eigenvalue weighted by Crippen LogP contribution is -2.35. The monoisotopic (exact) mass is 1110 g/mol. The van der Waals surface area contributed by atoms with Gasteiger partial charge in [0.2, 0.25) is 0 Å². The van der Waals surface area contributed by atoms with Crippen molar-refractivity contribution in [2.45, 2.75) is 114 Å². The highest BCUT2D eigenvalue weighted by molar-refractivity contribution is 5.93. The van der Waals surface area contributed by atoms with Gasteiger partial charge in [0.1, 0.15) is 41.3 Å². The number of H-pyrrole nitrogens is 2. The highest BCUT2D eigenvalue weighted by Crippen LogP contribution is 2.40. The standard InChI is InChI=1S/C72H83N7O4/c1-50(51-11-24-62(25-12-51)81-65-33-39-77(2)40-34-65)8-5-6-9-52(53-13-26-63(27-14-53)82-66-35-41-78(3)42-36-66)10-7-45-80-71-32-17-55(46-68(71)54-15-28-64(29-16-54)83-67-37-43-79(4)44-38-67)72-69-30-22-60(75-69)48-58-20-18-56(73-58)47-57-19-21-59(74-57)49-61-23-31-70(72)76-61/h11-32,46-50,52,65-67,73,76H,5-10,33-45H2,1-4H3. The van der Waals surface area contributed by atoms with Gasteiger partial charge in [-0.1, -0.05) is 62.2 Å². The molecule has 11 nitrogen and oxygen atoms in total. The van der Waals surface area contributed by atoms with Gasteiger partial charge in [0.25, 0.3) is 0 Å². The van der Waals surface area contributed by atoms with Gasteiger partial charge in [-0.3, -0.25) is 0 Å². The molecule has 11 heteroatoms. The minimum absolute atomic E-state index is 0.219. The zero-order chi connectivity index (χ0) is 56.5. The molecule has 12 rings (SSSR count). The molecule has 0 radical (unpaired) electrons. The molecule has 2 N–H and O–H groups in total. The SMILES string of the molecule is CC(CCCCC(CCCOc1ccc(-c2c3nc(cc4ccc(cc5nc(cc6ccc2[nH]6)C=C5)[nH]4)C=C3)cc1-c1ccc(OC2CCN(C)CC2)cc1)c1ccc(OC2CCN(C)CC2)cc1)c1ccc(OC2CCN(C)CC2)cc1. The minimum atomic E-state index is 0.219. The first-order chi connectivity index (χ1) is 40.6. The molecule has 0 amide bonds. The van der Waals surface area contributed by atoms with E-state index < -0.39 is 0 Å². The lowest BCUT2D eigenvalue weighted by atomic mass is 9.88. The number of benzene rings is 4. The van der Waals surface area contributed by atoms with Crippen LogP contribution in [0.15, 0.2) is 133 Å². The number of piperidine rings is 3. The van der Waals surface area contributed by atoms with Gasteiger partial charge in [0, 0.05) is 72.5 Å². The quantitative estimate of drug-likeness (QED) is 0.0722. The van der Waals surface area contributed by atoms with E-state index in [9.17, 15) is 0 Å². The van der Waals surface area contributed by atoms with Crippen molar-refractivity contribution in [3.63, 3.8) is 0 Å². The Hall–Kier alpha value is -7.44. The summed E-state index contributed by atoms with van der Waals surface area (Å²) >= 11 is 0. The fourth-order valence-electron chi connectivity index (χ4n) is 12.6. The molecule has 3 aromatic heterocycles.